The van der Waals surface area contributed by atoms with Crippen LogP contribution in [0.25, 0.3) is 0 Å². The van der Waals surface area contributed by atoms with Crippen molar-refractivity contribution >= 4 is 27.6 Å². The molecule has 2 aromatic carbocycles. The lowest BCUT2D eigenvalue weighted by molar-refractivity contribution is -0.158. The van der Waals surface area contributed by atoms with Gasteiger partial charge < -0.3 is 10.1 Å². The van der Waals surface area contributed by atoms with Crippen molar-refractivity contribution in [1.82, 2.24) is 4.31 Å². The number of rotatable bonds is 6. The number of amides is 1. The molecule has 7 nitrogen and oxygen atoms in total. The quantitative estimate of drug-likeness (QED) is 0.674. The zero-order valence-corrected chi connectivity index (χ0v) is 18.9. The molecule has 1 unspecified atom stereocenters. The minimum absolute atomic E-state index is 0.254. The molecule has 1 saturated heterocycles. The van der Waals surface area contributed by atoms with Gasteiger partial charge in [0, 0.05) is 18.8 Å². The Balaban J connectivity index is 1.31. The monoisotopic (exact) mass is 456 g/mol. The Morgan fingerprint density at radius 3 is 2.44 bits per heavy atom. The van der Waals surface area contributed by atoms with E-state index in [0.717, 1.165) is 24.8 Å². The van der Waals surface area contributed by atoms with Crippen molar-refractivity contribution in [3.05, 3.63) is 59.7 Å². The van der Waals surface area contributed by atoms with Gasteiger partial charge in [0.2, 0.25) is 10.0 Å². The van der Waals surface area contributed by atoms with Crippen LogP contribution < -0.4 is 5.32 Å². The first-order valence-electron chi connectivity index (χ1n) is 11.0. The van der Waals surface area contributed by atoms with Crippen LogP contribution in [0.1, 0.15) is 37.3 Å². The molecule has 1 heterocycles. The van der Waals surface area contributed by atoms with Gasteiger partial charge >= 0.3 is 5.97 Å². The van der Waals surface area contributed by atoms with Gasteiger partial charge in [0.25, 0.3) is 5.91 Å². The maximum atomic E-state index is 13.1. The van der Waals surface area contributed by atoms with Gasteiger partial charge in [-0.25, -0.2) is 8.42 Å². The summed E-state index contributed by atoms with van der Waals surface area (Å²) in [7, 11) is -3.59. The SMILES string of the molecule is CC(OC(=O)C1CCN(S(=O)(=O)c2ccc3c(c2)CCC3)CC1)C(=O)Nc1ccccc1. The number of sulfonamides is 1. The zero-order chi connectivity index (χ0) is 22.7. The van der Waals surface area contributed by atoms with Gasteiger partial charge in [0.15, 0.2) is 6.10 Å². The highest BCUT2D eigenvalue weighted by atomic mass is 32.2. The van der Waals surface area contributed by atoms with Crippen LogP contribution in [0.5, 0.6) is 0 Å². The number of piperidine rings is 1. The Morgan fingerprint density at radius 1 is 1.03 bits per heavy atom. The van der Waals surface area contributed by atoms with E-state index in [1.54, 1.807) is 36.4 Å². The van der Waals surface area contributed by atoms with Gasteiger partial charge in [-0.15, -0.1) is 0 Å². The topological polar surface area (TPSA) is 92.8 Å². The molecular formula is C24H28N2O5S. The number of hydrogen-bond donors (Lipinski definition) is 1. The molecule has 1 aliphatic carbocycles. The van der Waals surface area contributed by atoms with E-state index >= 15 is 0 Å². The van der Waals surface area contributed by atoms with E-state index in [-0.39, 0.29) is 13.1 Å². The Morgan fingerprint density at radius 2 is 1.72 bits per heavy atom. The molecule has 0 spiro atoms. The second kappa shape index (κ2) is 9.42. The lowest BCUT2D eigenvalue weighted by Gasteiger charge is -2.30. The summed E-state index contributed by atoms with van der Waals surface area (Å²) < 4.78 is 32.9. The average molecular weight is 457 g/mol. The number of ether oxygens (including phenoxy) is 1. The standard InChI is InChI=1S/C24H28N2O5S/c1-17(23(27)25-21-8-3-2-4-9-21)31-24(28)19-12-14-26(15-13-19)32(29,30)22-11-10-18-6-5-7-20(18)16-22/h2-4,8-11,16-17,19H,5-7,12-15H2,1H3,(H,25,27). The fraction of sp³-hybridized carbons (Fsp3) is 0.417. The van der Waals surface area contributed by atoms with E-state index in [4.69, 9.17) is 4.74 Å². The number of fused-ring (bicyclic) bond motifs is 1. The highest BCUT2D eigenvalue weighted by Crippen LogP contribution is 2.29. The summed E-state index contributed by atoms with van der Waals surface area (Å²) >= 11 is 0. The Labute approximate surface area is 188 Å². The van der Waals surface area contributed by atoms with Crippen LogP contribution in [0.3, 0.4) is 0 Å². The minimum Gasteiger partial charge on any atom is -0.452 e. The average Bonchev–Trinajstić information content (AvgIpc) is 3.28. The normalized spacial score (nSPS) is 18.0. The van der Waals surface area contributed by atoms with Crippen LogP contribution in [0, 0.1) is 5.92 Å². The third-order valence-corrected chi connectivity index (χ3v) is 8.09. The predicted octanol–water partition coefficient (Wildman–Crippen LogP) is 3.15. The maximum absolute atomic E-state index is 13.1. The number of anilines is 1. The molecule has 1 amide bonds. The summed E-state index contributed by atoms with van der Waals surface area (Å²) in [5, 5.41) is 2.71. The molecule has 8 heteroatoms. The molecule has 2 aliphatic rings. The van der Waals surface area contributed by atoms with E-state index in [0.29, 0.717) is 23.4 Å². The van der Waals surface area contributed by atoms with Crippen molar-refractivity contribution in [1.29, 1.82) is 0 Å². The number of carbonyl (C=O) groups is 2. The van der Waals surface area contributed by atoms with E-state index in [9.17, 15) is 18.0 Å². The van der Waals surface area contributed by atoms with Crippen LogP contribution in [0.15, 0.2) is 53.4 Å². The minimum atomic E-state index is -3.59. The molecule has 32 heavy (non-hydrogen) atoms. The number of carbonyl (C=O) groups excluding carboxylic acids is 2. The Bertz CT molecular complexity index is 1090. The number of nitrogens with one attached hydrogen (secondary N) is 1. The molecule has 170 valence electrons. The van der Waals surface area contributed by atoms with Crippen molar-refractivity contribution in [2.45, 2.75) is 50.0 Å². The second-order valence-electron chi connectivity index (χ2n) is 8.40. The Kier molecular flexibility index (Phi) is 6.62. The highest BCUT2D eigenvalue weighted by Gasteiger charge is 2.34. The number of esters is 1. The van der Waals surface area contributed by atoms with E-state index in [1.165, 1.54) is 16.8 Å². The van der Waals surface area contributed by atoms with Crippen LogP contribution in [0.2, 0.25) is 0 Å². The fourth-order valence-corrected chi connectivity index (χ4v) is 5.80. The molecule has 2 aromatic rings. The highest BCUT2D eigenvalue weighted by molar-refractivity contribution is 7.89. The first-order chi connectivity index (χ1) is 15.3. The number of aryl methyl sites for hydroxylation is 2. The first-order valence-corrected chi connectivity index (χ1v) is 12.5. The molecule has 1 N–H and O–H groups in total. The molecule has 0 saturated carbocycles. The maximum Gasteiger partial charge on any atom is 0.309 e. The molecule has 0 radical (unpaired) electrons. The van der Waals surface area contributed by atoms with Crippen LogP contribution in [0.4, 0.5) is 5.69 Å². The lowest BCUT2D eigenvalue weighted by Crippen LogP contribution is -2.41. The van der Waals surface area contributed by atoms with Gasteiger partial charge in [-0.2, -0.15) is 4.31 Å². The van der Waals surface area contributed by atoms with Crippen LogP contribution >= 0.6 is 0 Å². The second-order valence-corrected chi connectivity index (χ2v) is 10.3. The molecule has 4 rings (SSSR count). The van der Waals surface area contributed by atoms with Gasteiger partial charge in [0.1, 0.15) is 0 Å². The molecule has 1 atom stereocenters. The van der Waals surface area contributed by atoms with Gasteiger partial charge in [-0.05, 0) is 74.4 Å². The number of para-hydroxylation sites is 1. The van der Waals surface area contributed by atoms with Crippen LogP contribution in [-0.4, -0.2) is 43.8 Å². The Hall–Kier alpha value is -2.71. The van der Waals surface area contributed by atoms with Gasteiger partial charge in [-0.1, -0.05) is 24.3 Å². The largest absolute Gasteiger partial charge is 0.452 e. The summed E-state index contributed by atoms with van der Waals surface area (Å²) in [6.45, 7) is 2.04. The van der Waals surface area contributed by atoms with Gasteiger partial charge in [0.05, 0.1) is 10.8 Å². The summed E-state index contributed by atoms with van der Waals surface area (Å²) in [4.78, 5) is 25.1. The van der Waals surface area contributed by atoms with E-state index < -0.39 is 33.9 Å². The van der Waals surface area contributed by atoms with Crippen molar-refractivity contribution in [3.63, 3.8) is 0 Å². The summed E-state index contributed by atoms with van der Waals surface area (Å²) in [6.07, 6.45) is 2.80. The smallest absolute Gasteiger partial charge is 0.309 e. The predicted molar refractivity (Wildman–Crippen MR) is 121 cm³/mol. The summed E-state index contributed by atoms with van der Waals surface area (Å²) in [6, 6.07) is 14.4. The van der Waals surface area contributed by atoms with Crippen molar-refractivity contribution < 1.29 is 22.7 Å². The van der Waals surface area contributed by atoms with E-state index in [1.807, 2.05) is 12.1 Å². The molecule has 1 fully saturated rings. The zero-order valence-electron chi connectivity index (χ0n) is 18.1. The molecular weight excluding hydrogens is 428 g/mol. The van der Waals surface area contributed by atoms with E-state index in [2.05, 4.69) is 5.32 Å². The summed E-state index contributed by atoms with van der Waals surface area (Å²) in [5.41, 5.74) is 2.98. The van der Waals surface area contributed by atoms with Crippen molar-refractivity contribution in [2.75, 3.05) is 18.4 Å². The molecule has 1 aliphatic heterocycles. The van der Waals surface area contributed by atoms with Crippen molar-refractivity contribution in [2.24, 2.45) is 5.92 Å². The fourth-order valence-electron chi connectivity index (χ4n) is 4.28. The number of hydrogen-bond acceptors (Lipinski definition) is 5. The molecule has 0 bridgehead atoms. The van der Waals surface area contributed by atoms with Crippen molar-refractivity contribution in [3.8, 4) is 0 Å². The molecule has 0 aromatic heterocycles. The van der Waals surface area contributed by atoms with Gasteiger partial charge in [-0.3, -0.25) is 9.59 Å². The first kappa shape index (κ1) is 22.5. The number of nitrogens with zero attached hydrogens (tertiary/aromatic N) is 1. The van der Waals surface area contributed by atoms with Crippen LogP contribution in [-0.2, 0) is 37.2 Å². The summed E-state index contributed by atoms with van der Waals surface area (Å²) in [5.74, 6) is -1.29. The number of benzene rings is 2. The third kappa shape index (κ3) is 4.86. The third-order valence-electron chi connectivity index (χ3n) is 6.20. The lowest BCUT2D eigenvalue weighted by atomic mass is 9.98.